The van der Waals surface area contributed by atoms with Crippen molar-refractivity contribution in [2.75, 3.05) is 6.61 Å². The van der Waals surface area contributed by atoms with Crippen molar-refractivity contribution in [2.24, 2.45) is 0 Å². The van der Waals surface area contributed by atoms with E-state index in [1.165, 1.54) is 180 Å². The van der Waals surface area contributed by atoms with Crippen LogP contribution in [0.25, 0.3) is 0 Å². The summed E-state index contributed by atoms with van der Waals surface area (Å²) in [6.07, 6.45) is 91.2. The second-order valence-corrected chi connectivity index (χ2v) is 20.0. The zero-order valence-electron chi connectivity index (χ0n) is 46.3. The molecule has 402 valence electrons. The lowest BCUT2D eigenvalue weighted by molar-refractivity contribution is -0.123. The van der Waals surface area contributed by atoms with Crippen molar-refractivity contribution in [2.45, 2.75) is 296 Å². The molecule has 0 fully saturated rings. The third-order valence-electron chi connectivity index (χ3n) is 13.2. The lowest BCUT2D eigenvalue weighted by Gasteiger charge is -2.19. The number of carbonyl (C=O) groups is 1. The lowest BCUT2D eigenvalue weighted by atomic mass is 10.0. The summed E-state index contributed by atoms with van der Waals surface area (Å²) in [7, 11) is 0. The average molecular weight is 971 g/mol. The van der Waals surface area contributed by atoms with Crippen LogP contribution in [0.4, 0.5) is 0 Å². The van der Waals surface area contributed by atoms with E-state index in [9.17, 15) is 15.0 Å². The first kappa shape index (κ1) is 67.0. The molecule has 4 nitrogen and oxygen atoms in total. The number of carbonyl (C=O) groups excluding carboxylic acids is 1. The molecule has 0 aromatic heterocycles. The van der Waals surface area contributed by atoms with E-state index >= 15 is 0 Å². The Bertz CT molecular complexity index is 1330. The van der Waals surface area contributed by atoms with Crippen molar-refractivity contribution < 1.29 is 15.0 Å². The smallest absolute Gasteiger partial charge is 0.220 e. The maximum Gasteiger partial charge on any atom is 0.220 e. The molecule has 70 heavy (non-hydrogen) atoms. The zero-order valence-corrected chi connectivity index (χ0v) is 46.3. The Morgan fingerprint density at radius 2 is 0.643 bits per heavy atom. The third-order valence-corrected chi connectivity index (χ3v) is 13.2. The predicted molar refractivity (Wildman–Crippen MR) is 313 cm³/mol. The van der Waals surface area contributed by atoms with Crippen molar-refractivity contribution in [3.05, 3.63) is 109 Å². The third kappa shape index (κ3) is 56.0. The summed E-state index contributed by atoms with van der Waals surface area (Å²) >= 11 is 0. The highest BCUT2D eigenvalue weighted by Gasteiger charge is 2.18. The molecular weight excluding hydrogens is 855 g/mol. The second kappa shape index (κ2) is 60.4. The van der Waals surface area contributed by atoms with Gasteiger partial charge in [0.05, 0.1) is 18.8 Å². The number of nitrogens with one attached hydrogen (secondary N) is 1. The molecule has 0 saturated heterocycles. The van der Waals surface area contributed by atoms with Crippen molar-refractivity contribution in [3.8, 4) is 0 Å². The van der Waals surface area contributed by atoms with Gasteiger partial charge in [-0.2, -0.15) is 0 Å². The fourth-order valence-electron chi connectivity index (χ4n) is 8.69. The number of hydrogen-bond donors (Lipinski definition) is 3. The van der Waals surface area contributed by atoms with Crippen LogP contribution in [0.2, 0.25) is 0 Å². The average Bonchev–Trinajstić information content (AvgIpc) is 3.36. The van der Waals surface area contributed by atoms with Crippen LogP contribution >= 0.6 is 0 Å². The first-order valence-electron chi connectivity index (χ1n) is 30.1. The van der Waals surface area contributed by atoms with Crippen LogP contribution in [0.15, 0.2) is 109 Å². The van der Waals surface area contributed by atoms with Gasteiger partial charge in [0.15, 0.2) is 0 Å². The van der Waals surface area contributed by atoms with E-state index < -0.39 is 12.1 Å². The second-order valence-electron chi connectivity index (χ2n) is 20.0. The molecule has 0 saturated carbocycles. The van der Waals surface area contributed by atoms with Crippen molar-refractivity contribution in [3.63, 3.8) is 0 Å². The number of unbranched alkanes of at least 4 members (excludes halogenated alkanes) is 31. The highest BCUT2D eigenvalue weighted by Crippen LogP contribution is 2.16. The van der Waals surface area contributed by atoms with Crippen molar-refractivity contribution in [1.82, 2.24) is 5.32 Å². The van der Waals surface area contributed by atoms with Crippen LogP contribution in [-0.2, 0) is 4.79 Å². The number of allylic oxidation sites excluding steroid dienone is 17. The summed E-state index contributed by atoms with van der Waals surface area (Å²) < 4.78 is 0. The molecule has 4 heteroatoms. The predicted octanol–water partition coefficient (Wildman–Crippen LogP) is 20.3. The quantitative estimate of drug-likeness (QED) is 0.0420. The Labute approximate surface area is 436 Å². The molecular formula is C66H115NO3. The Morgan fingerprint density at radius 3 is 1.00 bits per heavy atom. The molecule has 0 aliphatic carbocycles. The summed E-state index contributed by atoms with van der Waals surface area (Å²) in [6, 6.07) is -0.657. The molecule has 1 amide bonds. The van der Waals surface area contributed by atoms with E-state index in [1.54, 1.807) is 6.08 Å². The minimum Gasteiger partial charge on any atom is -0.394 e. The lowest BCUT2D eigenvalue weighted by Crippen LogP contribution is -2.45. The van der Waals surface area contributed by atoms with Gasteiger partial charge in [-0.25, -0.2) is 0 Å². The van der Waals surface area contributed by atoms with Gasteiger partial charge >= 0.3 is 0 Å². The molecule has 2 atom stereocenters. The zero-order chi connectivity index (χ0) is 50.6. The van der Waals surface area contributed by atoms with E-state index in [-0.39, 0.29) is 12.5 Å². The number of aliphatic hydroxyl groups is 2. The van der Waals surface area contributed by atoms with Crippen molar-refractivity contribution in [1.29, 1.82) is 0 Å². The molecule has 0 aliphatic rings. The standard InChI is InChI=1S/C66H115NO3/c1-3-5-7-9-11-13-15-17-19-21-23-25-27-29-31-33-35-37-39-41-43-45-47-49-51-53-55-57-59-61-65(69)64(63-68)67-66(70)62-60-58-56-54-52-50-48-46-44-42-40-38-36-34-32-30-28-26-24-22-20-18-16-14-12-10-8-6-4-2/h6,8,12,14,18,20,24,26,30,32,36,38,43,45,51,53,59,61,64-65,68-69H,3-5,7,9-11,13,15-17,19,21-23,25,27-29,31,33-35,37,39-42,44,46-50,52,54-58,60,62-63H2,1-2H3,(H,67,70)/b8-6-,14-12-,20-18-,26-24-,32-30-,38-36-,45-43+,53-51+,61-59+. The summed E-state index contributed by atoms with van der Waals surface area (Å²) in [6.45, 7) is 4.19. The summed E-state index contributed by atoms with van der Waals surface area (Å²) in [5.41, 5.74) is 0. The number of aliphatic hydroxyl groups excluding tert-OH is 2. The number of rotatable bonds is 54. The fourth-order valence-corrected chi connectivity index (χ4v) is 8.69. The first-order chi connectivity index (χ1) is 34.7. The minimum absolute atomic E-state index is 0.0851. The van der Waals surface area contributed by atoms with Crippen LogP contribution < -0.4 is 5.32 Å². The molecule has 0 heterocycles. The highest BCUT2D eigenvalue weighted by atomic mass is 16.3. The van der Waals surface area contributed by atoms with Gasteiger partial charge < -0.3 is 15.5 Å². The van der Waals surface area contributed by atoms with E-state index in [4.69, 9.17) is 0 Å². The highest BCUT2D eigenvalue weighted by molar-refractivity contribution is 5.76. The van der Waals surface area contributed by atoms with E-state index in [1.807, 2.05) is 6.08 Å². The number of amides is 1. The molecule has 0 spiro atoms. The van der Waals surface area contributed by atoms with Gasteiger partial charge in [-0.15, -0.1) is 0 Å². The van der Waals surface area contributed by atoms with E-state index in [0.717, 1.165) is 83.5 Å². The van der Waals surface area contributed by atoms with Crippen LogP contribution in [0.3, 0.4) is 0 Å². The molecule has 0 radical (unpaired) electrons. The maximum atomic E-state index is 12.5. The topological polar surface area (TPSA) is 69.6 Å². The molecule has 0 aromatic rings. The Morgan fingerprint density at radius 1 is 0.357 bits per heavy atom. The molecule has 3 N–H and O–H groups in total. The molecule has 0 aliphatic heterocycles. The monoisotopic (exact) mass is 970 g/mol. The summed E-state index contributed by atoms with van der Waals surface area (Å²) in [5.74, 6) is -0.0851. The van der Waals surface area contributed by atoms with Gasteiger partial charge in [-0.05, 0) is 96.3 Å². The SMILES string of the molecule is CC/C=C\C/C=C\C/C=C\C/C=C\C/C=C\C/C=C\CCCCCCCCCCCCC(=O)NC(CO)C(O)/C=C/CC/C=C/CC/C=C/CCCCCCCCCCCCCCCCCCCCC. The van der Waals surface area contributed by atoms with Crippen LogP contribution in [0, 0.1) is 0 Å². The normalized spacial score (nSPS) is 13.6. The van der Waals surface area contributed by atoms with Crippen LogP contribution in [0.5, 0.6) is 0 Å². The molecule has 0 aromatic carbocycles. The summed E-state index contributed by atoms with van der Waals surface area (Å²) in [4.78, 5) is 12.5. The Balaban J connectivity index is 3.60. The van der Waals surface area contributed by atoms with Gasteiger partial charge in [-0.3, -0.25) is 4.79 Å². The maximum absolute atomic E-state index is 12.5. The van der Waals surface area contributed by atoms with Crippen LogP contribution in [0.1, 0.15) is 284 Å². The fraction of sp³-hybridized carbons (Fsp3) is 0.712. The van der Waals surface area contributed by atoms with Gasteiger partial charge in [0, 0.05) is 6.42 Å². The van der Waals surface area contributed by atoms with E-state index in [0.29, 0.717) is 6.42 Å². The Hall–Kier alpha value is -2.95. The number of hydrogen-bond acceptors (Lipinski definition) is 3. The minimum atomic E-state index is -0.881. The largest absolute Gasteiger partial charge is 0.394 e. The van der Waals surface area contributed by atoms with Gasteiger partial charge in [0.25, 0.3) is 0 Å². The first-order valence-corrected chi connectivity index (χ1v) is 30.1. The Kier molecular flexibility index (Phi) is 57.8. The van der Waals surface area contributed by atoms with Gasteiger partial charge in [-0.1, -0.05) is 290 Å². The molecule has 2 unspecified atom stereocenters. The van der Waals surface area contributed by atoms with E-state index in [2.05, 4.69) is 116 Å². The molecule has 0 bridgehead atoms. The van der Waals surface area contributed by atoms with Gasteiger partial charge in [0.1, 0.15) is 0 Å². The summed E-state index contributed by atoms with van der Waals surface area (Å²) in [5, 5.41) is 23.2. The van der Waals surface area contributed by atoms with Crippen LogP contribution in [-0.4, -0.2) is 34.9 Å². The van der Waals surface area contributed by atoms with Gasteiger partial charge in [0.2, 0.25) is 5.91 Å². The molecule has 0 rings (SSSR count). The van der Waals surface area contributed by atoms with Crippen molar-refractivity contribution >= 4 is 5.91 Å².